The smallest absolute Gasteiger partial charge is 0.343 e. The van der Waals surface area contributed by atoms with Gasteiger partial charge in [-0.15, -0.1) is 0 Å². The van der Waals surface area contributed by atoms with Crippen molar-refractivity contribution in [3.63, 3.8) is 0 Å². The lowest BCUT2D eigenvalue weighted by atomic mass is 9.98. The Hall–Kier alpha value is -2.49. The van der Waals surface area contributed by atoms with Gasteiger partial charge in [0.15, 0.2) is 0 Å². The zero-order valence-corrected chi connectivity index (χ0v) is 12.7. The largest absolute Gasteiger partial charge is 0.496 e. The van der Waals surface area contributed by atoms with Crippen LogP contribution in [-0.2, 0) is 0 Å². The molecule has 0 amide bonds. The van der Waals surface area contributed by atoms with Gasteiger partial charge in [-0.05, 0) is 13.0 Å². The second kappa shape index (κ2) is 4.50. The van der Waals surface area contributed by atoms with Gasteiger partial charge < -0.3 is 13.9 Å². The molecule has 4 nitrogen and oxygen atoms in total. The summed E-state index contributed by atoms with van der Waals surface area (Å²) in [6.07, 6.45) is -0.0408. The van der Waals surface area contributed by atoms with Crippen molar-refractivity contribution in [3.05, 3.63) is 46.3 Å². The fraction of sp³-hybridized carbons (Fsp3) is 0.278. The highest BCUT2D eigenvalue weighted by molar-refractivity contribution is 6.09. The molecule has 0 unspecified atom stereocenters. The van der Waals surface area contributed by atoms with Gasteiger partial charge >= 0.3 is 5.63 Å². The Morgan fingerprint density at radius 2 is 1.82 bits per heavy atom. The zero-order chi connectivity index (χ0) is 15.4. The lowest BCUT2D eigenvalue weighted by molar-refractivity contribution is 0.234. The molecule has 1 aromatic heterocycles. The van der Waals surface area contributed by atoms with E-state index in [1.165, 1.54) is 0 Å². The molecule has 22 heavy (non-hydrogen) atoms. The number of hydrogen-bond donors (Lipinski definition) is 0. The van der Waals surface area contributed by atoms with Crippen molar-refractivity contribution in [1.29, 1.82) is 0 Å². The highest BCUT2D eigenvalue weighted by Crippen LogP contribution is 2.44. The van der Waals surface area contributed by atoms with Gasteiger partial charge in [-0.25, -0.2) is 4.79 Å². The van der Waals surface area contributed by atoms with Crippen molar-refractivity contribution in [2.75, 3.05) is 7.11 Å². The van der Waals surface area contributed by atoms with Gasteiger partial charge in [0.2, 0.25) is 0 Å². The molecule has 4 heteroatoms. The van der Waals surface area contributed by atoms with Gasteiger partial charge in [-0.2, -0.15) is 0 Å². The van der Waals surface area contributed by atoms with Crippen molar-refractivity contribution in [3.8, 4) is 11.5 Å². The third kappa shape index (κ3) is 1.61. The Labute approximate surface area is 127 Å². The first kappa shape index (κ1) is 13.2. The van der Waals surface area contributed by atoms with Crippen LogP contribution in [0.1, 0.15) is 25.3 Å². The van der Waals surface area contributed by atoms with Crippen molar-refractivity contribution in [2.24, 2.45) is 0 Å². The van der Waals surface area contributed by atoms with Crippen LogP contribution in [0.4, 0.5) is 0 Å². The van der Waals surface area contributed by atoms with Crippen molar-refractivity contribution in [2.45, 2.75) is 25.9 Å². The van der Waals surface area contributed by atoms with Crippen LogP contribution in [-0.4, -0.2) is 13.2 Å². The number of hydrogen-bond acceptors (Lipinski definition) is 4. The van der Waals surface area contributed by atoms with Crippen LogP contribution in [0.3, 0.4) is 0 Å². The van der Waals surface area contributed by atoms with Gasteiger partial charge in [-0.3, -0.25) is 0 Å². The van der Waals surface area contributed by atoms with Gasteiger partial charge in [0.1, 0.15) is 23.2 Å². The molecule has 0 saturated heterocycles. The molecule has 4 rings (SSSR count). The monoisotopic (exact) mass is 296 g/mol. The first-order valence-corrected chi connectivity index (χ1v) is 7.35. The summed E-state index contributed by atoms with van der Waals surface area (Å²) < 4.78 is 17.1. The Kier molecular flexibility index (Phi) is 2.70. The van der Waals surface area contributed by atoms with E-state index in [1.807, 2.05) is 44.2 Å². The van der Waals surface area contributed by atoms with Crippen LogP contribution >= 0.6 is 0 Å². The maximum Gasteiger partial charge on any atom is 0.343 e. The molecule has 2 aromatic carbocycles. The molecule has 0 spiro atoms. The predicted molar refractivity (Wildman–Crippen MR) is 85.0 cm³/mol. The van der Waals surface area contributed by atoms with Crippen molar-refractivity contribution >= 4 is 21.7 Å². The molecular formula is C18H16O4. The molecule has 2 heterocycles. The normalized spacial score (nSPS) is 20.1. The number of fused-ring (bicyclic) bond motifs is 5. The number of ether oxygens (including phenoxy) is 2. The predicted octanol–water partition coefficient (Wildman–Crippen LogP) is 3.84. The molecule has 1 aliphatic heterocycles. The summed E-state index contributed by atoms with van der Waals surface area (Å²) in [6, 6.07) is 9.62. The summed E-state index contributed by atoms with van der Waals surface area (Å²) >= 11 is 0. The van der Waals surface area contributed by atoms with Crippen molar-refractivity contribution < 1.29 is 13.9 Å². The maximum atomic E-state index is 12.4. The van der Waals surface area contributed by atoms with Gasteiger partial charge in [-0.1, -0.05) is 31.2 Å². The third-order valence-electron chi connectivity index (χ3n) is 4.54. The Bertz CT molecular complexity index is 955. The Morgan fingerprint density at radius 1 is 1.09 bits per heavy atom. The second-order valence-corrected chi connectivity index (χ2v) is 5.75. The molecule has 0 radical (unpaired) electrons. The van der Waals surface area contributed by atoms with E-state index in [4.69, 9.17) is 13.9 Å². The quantitative estimate of drug-likeness (QED) is 0.505. The van der Waals surface area contributed by atoms with E-state index in [2.05, 4.69) is 0 Å². The van der Waals surface area contributed by atoms with E-state index >= 15 is 0 Å². The van der Waals surface area contributed by atoms with Crippen molar-refractivity contribution in [1.82, 2.24) is 0 Å². The molecule has 2 atom stereocenters. The van der Waals surface area contributed by atoms with Crippen LogP contribution in [0.5, 0.6) is 11.5 Å². The summed E-state index contributed by atoms with van der Waals surface area (Å²) in [5, 5.41) is 2.56. The minimum Gasteiger partial charge on any atom is -0.496 e. The van der Waals surface area contributed by atoms with Crippen LogP contribution in [0.15, 0.2) is 39.5 Å². The van der Waals surface area contributed by atoms with E-state index in [1.54, 1.807) is 7.11 Å². The third-order valence-corrected chi connectivity index (χ3v) is 4.54. The van der Waals surface area contributed by atoms with E-state index < -0.39 is 0 Å². The molecule has 0 aliphatic carbocycles. The molecule has 0 fully saturated rings. The van der Waals surface area contributed by atoms with E-state index in [9.17, 15) is 4.79 Å². The van der Waals surface area contributed by atoms with E-state index in [0.717, 1.165) is 21.9 Å². The van der Waals surface area contributed by atoms with E-state index in [-0.39, 0.29) is 17.6 Å². The molecule has 1 aliphatic rings. The molecular weight excluding hydrogens is 280 g/mol. The lowest BCUT2D eigenvalue weighted by Gasteiger charge is -2.11. The van der Waals surface area contributed by atoms with Crippen LogP contribution in [0, 0.1) is 0 Å². The van der Waals surface area contributed by atoms with Crippen LogP contribution in [0.25, 0.3) is 21.7 Å². The minimum atomic E-state index is -0.310. The van der Waals surface area contributed by atoms with Gasteiger partial charge in [0, 0.05) is 16.7 Å². The SMILES string of the molecule is COc1cc2c3c(c(=O)oc2c2ccccc12)[C@@H](C)[C@H](C)O3. The van der Waals surface area contributed by atoms with Gasteiger partial charge in [0.05, 0.1) is 18.1 Å². The second-order valence-electron chi connectivity index (χ2n) is 5.75. The average Bonchev–Trinajstić information content (AvgIpc) is 2.83. The number of methoxy groups -OCH3 is 1. The van der Waals surface area contributed by atoms with Crippen LogP contribution in [0.2, 0.25) is 0 Å². The first-order valence-electron chi connectivity index (χ1n) is 7.35. The number of benzene rings is 2. The molecule has 0 saturated carbocycles. The first-order chi connectivity index (χ1) is 10.6. The highest BCUT2D eigenvalue weighted by atomic mass is 16.5. The molecule has 0 N–H and O–H groups in total. The molecule has 0 bridgehead atoms. The summed E-state index contributed by atoms with van der Waals surface area (Å²) in [5.41, 5.74) is 0.869. The lowest BCUT2D eigenvalue weighted by Crippen LogP contribution is -2.14. The highest BCUT2D eigenvalue weighted by Gasteiger charge is 2.34. The zero-order valence-electron chi connectivity index (χ0n) is 12.7. The van der Waals surface area contributed by atoms with Crippen LogP contribution < -0.4 is 15.1 Å². The fourth-order valence-corrected chi connectivity index (χ4v) is 3.19. The average molecular weight is 296 g/mol. The number of rotatable bonds is 1. The molecule has 3 aromatic rings. The summed E-state index contributed by atoms with van der Waals surface area (Å²) in [5.74, 6) is 1.40. The van der Waals surface area contributed by atoms with Gasteiger partial charge in [0.25, 0.3) is 0 Å². The minimum absolute atomic E-state index is 0.0214. The summed E-state index contributed by atoms with van der Waals surface area (Å²) in [4.78, 5) is 12.4. The van der Waals surface area contributed by atoms with E-state index in [0.29, 0.717) is 16.9 Å². The Morgan fingerprint density at radius 3 is 2.55 bits per heavy atom. The maximum absolute atomic E-state index is 12.4. The fourth-order valence-electron chi connectivity index (χ4n) is 3.19. The Balaban J connectivity index is 2.22. The summed E-state index contributed by atoms with van der Waals surface area (Å²) in [7, 11) is 1.64. The molecule has 112 valence electrons. The summed E-state index contributed by atoms with van der Waals surface area (Å²) in [6.45, 7) is 3.95. The topological polar surface area (TPSA) is 48.7 Å². The standard InChI is InChI=1S/C18H16O4/c1-9-10(2)21-17-13-8-14(20-3)11-6-4-5-7-12(11)16(13)22-18(19)15(9)17/h4-10H,1-3H3/t9-,10-/m0/s1.